The Hall–Kier alpha value is -0.460. The van der Waals surface area contributed by atoms with Crippen molar-refractivity contribution in [2.75, 3.05) is 58.7 Å². The van der Waals surface area contributed by atoms with Crippen molar-refractivity contribution in [2.45, 2.75) is 25.5 Å². The molecule has 1 saturated heterocycles. The maximum absolute atomic E-state index is 5.35. The standard InChI is InChI=1S/C14H30N4OS/c1-5-15-13(17-12-14(2,3)20-4)16-6-7-18-8-10-19-11-9-18/h5-12H2,1-4H3,(H2,15,16,17). The topological polar surface area (TPSA) is 48.9 Å². The number of nitrogens with one attached hydrogen (secondary N) is 2. The lowest BCUT2D eigenvalue weighted by molar-refractivity contribution is 0.0389. The van der Waals surface area contributed by atoms with Crippen LogP contribution in [0.3, 0.4) is 0 Å². The molecule has 0 aliphatic carbocycles. The molecule has 0 unspecified atom stereocenters. The number of hydrogen-bond acceptors (Lipinski definition) is 4. The van der Waals surface area contributed by atoms with Gasteiger partial charge in [-0.1, -0.05) is 0 Å². The van der Waals surface area contributed by atoms with E-state index in [2.05, 4.69) is 47.6 Å². The van der Waals surface area contributed by atoms with Gasteiger partial charge in [-0.2, -0.15) is 11.8 Å². The molecule has 1 heterocycles. The van der Waals surface area contributed by atoms with Crippen molar-refractivity contribution in [3.63, 3.8) is 0 Å². The molecule has 20 heavy (non-hydrogen) atoms. The smallest absolute Gasteiger partial charge is 0.191 e. The van der Waals surface area contributed by atoms with Gasteiger partial charge in [-0.15, -0.1) is 0 Å². The molecular formula is C14H30N4OS. The molecule has 0 bridgehead atoms. The van der Waals surface area contributed by atoms with Crippen LogP contribution in [0, 0.1) is 0 Å². The number of ether oxygens (including phenoxy) is 1. The summed E-state index contributed by atoms with van der Waals surface area (Å²) < 4.78 is 5.54. The van der Waals surface area contributed by atoms with Gasteiger partial charge in [-0.25, -0.2) is 0 Å². The molecule has 0 atom stereocenters. The first kappa shape index (κ1) is 17.6. The fourth-order valence-electron chi connectivity index (χ4n) is 1.83. The minimum atomic E-state index is 0.187. The molecule has 118 valence electrons. The van der Waals surface area contributed by atoms with Gasteiger partial charge in [-0.3, -0.25) is 9.89 Å². The van der Waals surface area contributed by atoms with Crippen LogP contribution >= 0.6 is 11.8 Å². The second kappa shape index (κ2) is 9.47. The van der Waals surface area contributed by atoms with Crippen LogP contribution in [0.5, 0.6) is 0 Å². The Morgan fingerprint density at radius 2 is 2.00 bits per heavy atom. The monoisotopic (exact) mass is 302 g/mol. The van der Waals surface area contributed by atoms with Gasteiger partial charge in [0.25, 0.3) is 0 Å². The van der Waals surface area contributed by atoms with Crippen LogP contribution in [0.4, 0.5) is 0 Å². The quantitative estimate of drug-likeness (QED) is 0.543. The van der Waals surface area contributed by atoms with Crippen molar-refractivity contribution in [1.29, 1.82) is 0 Å². The van der Waals surface area contributed by atoms with E-state index in [4.69, 9.17) is 4.74 Å². The zero-order valence-corrected chi connectivity index (χ0v) is 14.2. The highest BCUT2D eigenvalue weighted by atomic mass is 32.2. The third kappa shape index (κ3) is 7.36. The van der Waals surface area contributed by atoms with Gasteiger partial charge in [0.1, 0.15) is 0 Å². The summed E-state index contributed by atoms with van der Waals surface area (Å²) in [5.41, 5.74) is 0. The van der Waals surface area contributed by atoms with Crippen molar-refractivity contribution in [2.24, 2.45) is 4.99 Å². The lowest BCUT2D eigenvalue weighted by atomic mass is 10.2. The van der Waals surface area contributed by atoms with E-state index in [0.29, 0.717) is 0 Å². The molecule has 0 spiro atoms. The molecule has 0 saturated carbocycles. The predicted octanol–water partition coefficient (Wildman–Crippen LogP) is 1.02. The Labute approximate surface area is 127 Å². The van der Waals surface area contributed by atoms with E-state index < -0.39 is 0 Å². The highest BCUT2D eigenvalue weighted by molar-refractivity contribution is 7.99. The van der Waals surface area contributed by atoms with Crippen LogP contribution < -0.4 is 10.6 Å². The molecule has 1 aliphatic rings. The van der Waals surface area contributed by atoms with Gasteiger partial charge in [0.05, 0.1) is 19.8 Å². The number of rotatable bonds is 7. The lowest BCUT2D eigenvalue weighted by Crippen LogP contribution is -2.44. The van der Waals surface area contributed by atoms with Crippen molar-refractivity contribution < 1.29 is 4.74 Å². The maximum Gasteiger partial charge on any atom is 0.191 e. The average molecular weight is 302 g/mol. The van der Waals surface area contributed by atoms with E-state index in [1.54, 1.807) is 0 Å². The third-order valence-corrected chi connectivity index (χ3v) is 4.57. The Balaban J connectivity index is 2.32. The molecule has 0 aromatic carbocycles. The second-order valence-electron chi connectivity index (χ2n) is 5.54. The molecule has 0 aromatic rings. The van der Waals surface area contributed by atoms with Gasteiger partial charge < -0.3 is 15.4 Å². The summed E-state index contributed by atoms with van der Waals surface area (Å²) in [6, 6.07) is 0. The average Bonchev–Trinajstić information content (AvgIpc) is 2.46. The molecule has 5 nitrogen and oxygen atoms in total. The maximum atomic E-state index is 5.35. The minimum Gasteiger partial charge on any atom is -0.379 e. The SMILES string of the molecule is CCNC(=NCC(C)(C)SC)NCCN1CCOCC1. The van der Waals surface area contributed by atoms with E-state index in [1.807, 2.05) is 11.8 Å². The van der Waals surface area contributed by atoms with Crippen LogP contribution in [-0.4, -0.2) is 74.3 Å². The van der Waals surface area contributed by atoms with E-state index in [0.717, 1.165) is 58.4 Å². The van der Waals surface area contributed by atoms with Gasteiger partial charge >= 0.3 is 0 Å². The van der Waals surface area contributed by atoms with Gasteiger partial charge in [0, 0.05) is 37.5 Å². The summed E-state index contributed by atoms with van der Waals surface area (Å²) >= 11 is 1.85. The van der Waals surface area contributed by atoms with Gasteiger partial charge in [0.15, 0.2) is 5.96 Å². The molecule has 0 amide bonds. The zero-order chi connectivity index (χ0) is 14.8. The Morgan fingerprint density at radius 3 is 2.60 bits per heavy atom. The number of hydrogen-bond donors (Lipinski definition) is 2. The molecule has 2 N–H and O–H groups in total. The lowest BCUT2D eigenvalue weighted by Gasteiger charge is -2.27. The molecule has 1 fully saturated rings. The van der Waals surface area contributed by atoms with Crippen molar-refractivity contribution in [1.82, 2.24) is 15.5 Å². The predicted molar refractivity (Wildman–Crippen MR) is 88.8 cm³/mol. The fraction of sp³-hybridized carbons (Fsp3) is 0.929. The second-order valence-corrected chi connectivity index (χ2v) is 7.05. The largest absolute Gasteiger partial charge is 0.379 e. The first-order chi connectivity index (χ1) is 9.57. The molecule has 1 rings (SSSR count). The summed E-state index contributed by atoms with van der Waals surface area (Å²) in [5, 5.41) is 6.72. The molecule has 1 aliphatic heterocycles. The van der Waals surface area contributed by atoms with Gasteiger partial charge in [0.2, 0.25) is 0 Å². The van der Waals surface area contributed by atoms with Crippen LogP contribution in [-0.2, 0) is 4.74 Å². The van der Waals surface area contributed by atoms with Gasteiger partial charge in [-0.05, 0) is 27.0 Å². The van der Waals surface area contributed by atoms with E-state index in [-0.39, 0.29) is 4.75 Å². The highest BCUT2D eigenvalue weighted by Crippen LogP contribution is 2.20. The Kier molecular flexibility index (Phi) is 8.33. The van der Waals surface area contributed by atoms with Crippen molar-refractivity contribution in [3.05, 3.63) is 0 Å². The van der Waals surface area contributed by atoms with E-state index in [1.165, 1.54) is 0 Å². The first-order valence-electron chi connectivity index (χ1n) is 7.45. The van der Waals surface area contributed by atoms with Crippen molar-refractivity contribution in [3.8, 4) is 0 Å². The number of nitrogens with zero attached hydrogens (tertiary/aromatic N) is 2. The van der Waals surface area contributed by atoms with Crippen molar-refractivity contribution >= 4 is 17.7 Å². The summed E-state index contributed by atoms with van der Waals surface area (Å²) in [5.74, 6) is 0.919. The number of morpholine rings is 1. The normalized spacial score (nSPS) is 18.1. The van der Waals surface area contributed by atoms with Crippen LogP contribution in [0.2, 0.25) is 0 Å². The fourth-order valence-corrected chi connectivity index (χ4v) is 2.03. The first-order valence-corrected chi connectivity index (χ1v) is 8.67. The number of thioether (sulfide) groups is 1. The van der Waals surface area contributed by atoms with Crippen LogP contribution in [0.15, 0.2) is 4.99 Å². The molecule has 0 radical (unpaired) electrons. The minimum absolute atomic E-state index is 0.187. The summed E-state index contributed by atoms with van der Waals surface area (Å²) in [6.45, 7) is 14.0. The highest BCUT2D eigenvalue weighted by Gasteiger charge is 2.15. The summed E-state index contributed by atoms with van der Waals surface area (Å²) in [6.07, 6.45) is 2.13. The molecular weight excluding hydrogens is 272 g/mol. The summed E-state index contributed by atoms with van der Waals surface area (Å²) in [4.78, 5) is 7.09. The Morgan fingerprint density at radius 1 is 1.30 bits per heavy atom. The van der Waals surface area contributed by atoms with E-state index in [9.17, 15) is 0 Å². The molecule has 6 heteroatoms. The number of guanidine groups is 1. The van der Waals surface area contributed by atoms with Crippen LogP contribution in [0.1, 0.15) is 20.8 Å². The molecule has 0 aromatic heterocycles. The van der Waals surface area contributed by atoms with E-state index >= 15 is 0 Å². The number of aliphatic imine (C=N–C) groups is 1. The third-order valence-electron chi connectivity index (χ3n) is 3.34. The zero-order valence-electron chi connectivity index (χ0n) is 13.4. The Bertz CT molecular complexity index is 291. The van der Waals surface area contributed by atoms with Crippen LogP contribution in [0.25, 0.3) is 0 Å². The summed E-state index contributed by atoms with van der Waals surface area (Å²) in [7, 11) is 0.